The summed E-state index contributed by atoms with van der Waals surface area (Å²) in [5.41, 5.74) is 1.33. The minimum Gasteiger partial charge on any atom is -0.359 e. The standard InChI is InChI=1S/C18H13Cl2N3O2/c1-11(24)12-5-7-14(8-6-12)23-18(25)13(9-21)10-22-16-4-2-3-15(19)17(16)20/h2-8,10,22H,1H3,(H,23,25)/b13-10-. The molecule has 2 N–H and O–H groups in total. The molecule has 0 saturated heterocycles. The Labute approximate surface area is 154 Å². The Bertz CT molecular complexity index is 884. The predicted molar refractivity (Wildman–Crippen MR) is 98.9 cm³/mol. The number of carbonyl (C=O) groups excluding carboxylic acids is 2. The Morgan fingerprint density at radius 1 is 1.12 bits per heavy atom. The molecule has 0 spiro atoms. The van der Waals surface area contributed by atoms with E-state index >= 15 is 0 Å². The average Bonchev–Trinajstić information content (AvgIpc) is 2.59. The largest absolute Gasteiger partial charge is 0.359 e. The molecule has 0 heterocycles. The Morgan fingerprint density at radius 2 is 1.80 bits per heavy atom. The van der Waals surface area contributed by atoms with Crippen LogP contribution in [0.5, 0.6) is 0 Å². The van der Waals surface area contributed by atoms with Crippen molar-refractivity contribution < 1.29 is 9.59 Å². The van der Waals surface area contributed by atoms with Crippen molar-refractivity contribution in [3.63, 3.8) is 0 Å². The first-order chi connectivity index (χ1) is 11.9. The van der Waals surface area contributed by atoms with Crippen LogP contribution in [0.4, 0.5) is 11.4 Å². The van der Waals surface area contributed by atoms with E-state index in [1.807, 2.05) is 6.07 Å². The maximum atomic E-state index is 12.2. The molecule has 5 nitrogen and oxygen atoms in total. The van der Waals surface area contributed by atoms with Crippen LogP contribution in [0.15, 0.2) is 54.2 Å². The van der Waals surface area contributed by atoms with E-state index in [-0.39, 0.29) is 16.4 Å². The van der Waals surface area contributed by atoms with Crippen LogP contribution in [0, 0.1) is 11.3 Å². The van der Waals surface area contributed by atoms with E-state index in [4.69, 9.17) is 23.2 Å². The fourth-order valence-corrected chi connectivity index (χ4v) is 2.26. The molecule has 1 amide bonds. The third-order valence-electron chi connectivity index (χ3n) is 3.24. The number of rotatable bonds is 5. The molecule has 0 unspecified atom stereocenters. The second-order valence-corrected chi connectivity index (χ2v) is 5.79. The number of nitrogens with one attached hydrogen (secondary N) is 2. The van der Waals surface area contributed by atoms with Crippen molar-refractivity contribution in [2.24, 2.45) is 0 Å². The van der Waals surface area contributed by atoms with Gasteiger partial charge in [0, 0.05) is 17.5 Å². The van der Waals surface area contributed by atoms with Gasteiger partial charge in [-0.15, -0.1) is 0 Å². The highest BCUT2D eigenvalue weighted by atomic mass is 35.5. The van der Waals surface area contributed by atoms with Gasteiger partial charge in [-0.25, -0.2) is 0 Å². The van der Waals surface area contributed by atoms with E-state index in [1.54, 1.807) is 42.5 Å². The highest BCUT2D eigenvalue weighted by molar-refractivity contribution is 6.43. The van der Waals surface area contributed by atoms with E-state index in [2.05, 4.69) is 10.6 Å². The van der Waals surface area contributed by atoms with E-state index in [0.717, 1.165) is 0 Å². The number of ketones is 1. The molecular weight excluding hydrogens is 361 g/mol. The number of hydrogen-bond acceptors (Lipinski definition) is 4. The molecule has 126 valence electrons. The summed E-state index contributed by atoms with van der Waals surface area (Å²) in [6, 6.07) is 13.2. The normalized spacial score (nSPS) is 10.7. The molecule has 2 aromatic carbocycles. The molecule has 0 aliphatic carbocycles. The van der Waals surface area contributed by atoms with Crippen LogP contribution in [0.1, 0.15) is 17.3 Å². The zero-order valence-corrected chi connectivity index (χ0v) is 14.7. The van der Waals surface area contributed by atoms with Crippen LogP contribution >= 0.6 is 23.2 Å². The third-order valence-corrected chi connectivity index (χ3v) is 4.06. The minimum absolute atomic E-state index is 0.0712. The number of carbonyl (C=O) groups is 2. The van der Waals surface area contributed by atoms with Gasteiger partial charge in [0.25, 0.3) is 5.91 Å². The lowest BCUT2D eigenvalue weighted by Gasteiger charge is -2.07. The van der Waals surface area contributed by atoms with Crippen molar-refractivity contribution in [1.82, 2.24) is 0 Å². The molecular formula is C18H13Cl2N3O2. The Kier molecular flexibility index (Phi) is 6.18. The SMILES string of the molecule is CC(=O)c1ccc(NC(=O)/C(C#N)=C\Nc2cccc(Cl)c2Cl)cc1. The highest BCUT2D eigenvalue weighted by Gasteiger charge is 2.10. The average molecular weight is 374 g/mol. The number of Topliss-reactive ketones (excluding diaryl/α,β-unsaturated/α-hetero) is 1. The third kappa shape index (κ3) is 4.83. The van der Waals surface area contributed by atoms with Gasteiger partial charge in [0.1, 0.15) is 11.6 Å². The Hall–Kier alpha value is -2.81. The Morgan fingerprint density at radius 3 is 2.40 bits per heavy atom. The second-order valence-electron chi connectivity index (χ2n) is 5.00. The molecule has 0 aliphatic heterocycles. The van der Waals surface area contributed by atoms with Crippen molar-refractivity contribution in [3.05, 3.63) is 69.8 Å². The number of amides is 1. The molecule has 0 atom stereocenters. The number of anilines is 2. The second kappa shape index (κ2) is 8.34. The van der Waals surface area contributed by atoms with Crippen molar-refractivity contribution in [3.8, 4) is 6.07 Å². The topological polar surface area (TPSA) is 82.0 Å². The zero-order chi connectivity index (χ0) is 18.4. The van der Waals surface area contributed by atoms with Crippen molar-refractivity contribution in [2.45, 2.75) is 6.92 Å². The quantitative estimate of drug-likeness (QED) is 0.453. The number of halogens is 2. The van der Waals surface area contributed by atoms with Gasteiger partial charge in [0.2, 0.25) is 0 Å². The fraction of sp³-hybridized carbons (Fsp3) is 0.0556. The first-order valence-electron chi connectivity index (χ1n) is 7.15. The number of nitriles is 1. The molecule has 2 aromatic rings. The predicted octanol–water partition coefficient (Wildman–Crippen LogP) is 4.65. The van der Waals surface area contributed by atoms with Crippen LogP contribution < -0.4 is 10.6 Å². The van der Waals surface area contributed by atoms with Gasteiger partial charge < -0.3 is 10.6 Å². The summed E-state index contributed by atoms with van der Waals surface area (Å²) in [5.74, 6) is -0.665. The summed E-state index contributed by atoms with van der Waals surface area (Å²) in [5, 5.41) is 15.2. The van der Waals surface area contributed by atoms with Gasteiger partial charge in [-0.1, -0.05) is 29.3 Å². The molecule has 0 bridgehead atoms. The van der Waals surface area contributed by atoms with E-state index < -0.39 is 5.91 Å². The number of nitrogens with zero attached hydrogens (tertiary/aromatic N) is 1. The summed E-state index contributed by atoms with van der Waals surface area (Å²) >= 11 is 11.9. The van der Waals surface area contributed by atoms with Crippen LogP contribution in [0.25, 0.3) is 0 Å². The maximum Gasteiger partial charge on any atom is 0.267 e. The molecule has 25 heavy (non-hydrogen) atoms. The Balaban J connectivity index is 2.11. The lowest BCUT2D eigenvalue weighted by Crippen LogP contribution is -2.14. The van der Waals surface area contributed by atoms with E-state index in [0.29, 0.717) is 22.0 Å². The summed E-state index contributed by atoms with van der Waals surface area (Å²) in [6.45, 7) is 1.46. The van der Waals surface area contributed by atoms with Gasteiger partial charge in [0.05, 0.1) is 15.7 Å². The summed E-state index contributed by atoms with van der Waals surface area (Å²) in [6.07, 6.45) is 1.25. The summed E-state index contributed by atoms with van der Waals surface area (Å²) < 4.78 is 0. The van der Waals surface area contributed by atoms with E-state index in [9.17, 15) is 14.9 Å². The lowest BCUT2D eigenvalue weighted by molar-refractivity contribution is -0.112. The van der Waals surface area contributed by atoms with Gasteiger partial charge in [-0.05, 0) is 43.3 Å². The first kappa shape index (κ1) is 18.5. The smallest absolute Gasteiger partial charge is 0.267 e. The molecule has 0 saturated carbocycles. The zero-order valence-electron chi connectivity index (χ0n) is 13.1. The molecule has 2 rings (SSSR count). The summed E-state index contributed by atoms with van der Waals surface area (Å²) in [7, 11) is 0. The van der Waals surface area contributed by atoms with Crippen LogP contribution in [-0.4, -0.2) is 11.7 Å². The van der Waals surface area contributed by atoms with Crippen LogP contribution in [0.3, 0.4) is 0 Å². The molecule has 0 aromatic heterocycles. The van der Waals surface area contributed by atoms with Crippen molar-refractivity contribution in [2.75, 3.05) is 10.6 Å². The molecule has 0 aliphatic rings. The maximum absolute atomic E-state index is 12.2. The number of benzene rings is 2. The highest BCUT2D eigenvalue weighted by Crippen LogP contribution is 2.29. The van der Waals surface area contributed by atoms with Crippen LogP contribution in [-0.2, 0) is 4.79 Å². The van der Waals surface area contributed by atoms with Gasteiger partial charge in [-0.3, -0.25) is 9.59 Å². The van der Waals surface area contributed by atoms with Gasteiger partial charge in [-0.2, -0.15) is 5.26 Å². The van der Waals surface area contributed by atoms with Crippen LogP contribution in [0.2, 0.25) is 10.0 Å². The fourth-order valence-electron chi connectivity index (χ4n) is 1.90. The minimum atomic E-state index is -0.594. The number of hydrogen-bond donors (Lipinski definition) is 2. The molecule has 0 fully saturated rings. The first-order valence-corrected chi connectivity index (χ1v) is 7.91. The van der Waals surface area contributed by atoms with Gasteiger partial charge >= 0.3 is 0 Å². The van der Waals surface area contributed by atoms with Crippen molar-refractivity contribution in [1.29, 1.82) is 5.26 Å². The van der Waals surface area contributed by atoms with Gasteiger partial charge in [0.15, 0.2) is 5.78 Å². The lowest BCUT2D eigenvalue weighted by atomic mass is 10.1. The monoisotopic (exact) mass is 373 g/mol. The molecule has 7 heteroatoms. The van der Waals surface area contributed by atoms with Crippen molar-refractivity contribution >= 4 is 46.3 Å². The summed E-state index contributed by atoms with van der Waals surface area (Å²) in [4.78, 5) is 23.4. The van der Waals surface area contributed by atoms with E-state index in [1.165, 1.54) is 13.1 Å². The molecule has 0 radical (unpaired) electrons.